The molecule has 94 valence electrons. The average molecular weight is 251 g/mol. The topological polar surface area (TPSA) is 46.9 Å². The van der Waals surface area contributed by atoms with Gasteiger partial charge in [-0.25, -0.2) is 8.78 Å². The molecule has 0 fully saturated rings. The van der Waals surface area contributed by atoms with Gasteiger partial charge in [-0.15, -0.1) is 0 Å². The first-order chi connectivity index (χ1) is 8.58. The molecule has 1 unspecified atom stereocenters. The maximum atomic E-state index is 13.0. The van der Waals surface area contributed by atoms with Gasteiger partial charge >= 0.3 is 0 Å². The van der Waals surface area contributed by atoms with Crippen molar-refractivity contribution in [2.45, 2.75) is 13.0 Å². The Balaban J connectivity index is 2.09. The second-order valence-electron chi connectivity index (χ2n) is 3.78. The van der Waals surface area contributed by atoms with Crippen LogP contribution >= 0.6 is 0 Å². The van der Waals surface area contributed by atoms with Crippen LogP contribution in [0.5, 0.6) is 0 Å². The number of nitrogens with zero attached hydrogens (tertiary/aromatic N) is 2. The highest BCUT2D eigenvalue weighted by Crippen LogP contribution is 2.15. The first kappa shape index (κ1) is 12.2. The Morgan fingerprint density at radius 2 is 2.17 bits per heavy atom. The molecule has 2 rings (SSSR count). The van der Waals surface area contributed by atoms with Gasteiger partial charge in [0.05, 0.1) is 0 Å². The van der Waals surface area contributed by atoms with Crippen LogP contribution in [-0.4, -0.2) is 15.7 Å². The number of halogens is 2. The van der Waals surface area contributed by atoms with Gasteiger partial charge in [0.2, 0.25) is 5.91 Å². The summed E-state index contributed by atoms with van der Waals surface area (Å²) in [4.78, 5) is 11.8. The fraction of sp³-hybridized carbons (Fsp3) is 0.167. The number of hydrogen-bond donors (Lipinski definition) is 1. The van der Waals surface area contributed by atoms with E-state index >= 15 is 0 Å². The van der Waals surface area contributed by atoms with E-state index in [-0.39, 0.29) is 11.6 Å². The molecule has 18 heavy (non-hydrogen) atoms. The zero-order chi connectivity index (χ0) is 13.1. The number of amides is 1. The summed E-state index contributed by atoms with van der Waals surface area (Å²) >= 11 is 0. The van der Waals surface area contributed by atoms with Crippen LogP contribution in [0.15, 0.2) is 36.7 Å². The van der Waals surface area contributed by atoms with Gasteiger partial charge in [-0.3, -0.25) is 9.48 Å². The maximum Gasteiger partial charge on any atom is 0.248 e. The molecule has 0 aliphatic rings. The van der Waals surface area contributed by atoms with Gasteiger partial charge < -0.3 is 5.32 Å². The highest BCUT2D eigenvalue weighted by Gasteiger charge is 2.15. The first-order valence-electron chi connectivity index (χ1n) is 5.33. The Bertz CT molecular complexity index is 554. The summed E-state index contributed by atoms with van der Waals surface area (Å²) in [7, 11) is 0. The molecule has 0 saturated heterocycles. The minimum absolute atomic E-state index is 0.206. The SMILES string of the molecule is CC(C(=O)Nc1ccc(F)c(F)c1)n1cccn1. The van der Waals surface area contributed by atoms with Crippen LogP contribution in [0.2, 0.25) is 0 Å². The lowest BCUT2D eigenvalue weighted by atomic mass is 10.2. The van der Waals surface area contributed by atoms with Crippen LogP contribution in [0.3, 0.4) is 0 Å². The second-order valence-corrected chi connectivity index (χ2v) is 3.78. The van der Waals surface area contributed by atoms with Crippen LogP contribution in [0.25, 0.3) is 0 Å². The normalized spacial score (nSPS) is 12.2. The van der Waals surface area contributed by atoms with E-state index in [1.165, 1.54) is 10.7 Å². The van der Waals surface area contributed by atoms with E-state index in [1.807, 2.05) is 0 Å². The highest BCUT2D eigenvalue weighted by molar-refractivity contribution is 5.93. The molecule has 1 amide bonds. The number of rotatable bonds is 3. The van der Waals surface area contributed by atoms with Crippen molar-refractivity contribution < 1.29 is 13.6 Å². The third-order valence-corrected chi connectivity index (χ3v) is 2.49. The summed E-state index contributed by atoms with van der Waals surface area (Å²) in [5.41, 5.74) is 0.206. The Morgan fingerprint density at radius 1 is 1.39 bits per heavy atom. The van der Waals surface area contributed by atoms with Crippen LogP contribution < -0.4 is 5.32 Å². The van der Waals surface area contributed by atoms with Gasteiger partial charge in [0.15, 0.2) is 11.6 Å². The lowest BCUT2D eigenvalue weighted by Crippen LogP contribution is -2.24. The third-order valence-electron chi connectivity index (χ3n) is 2.49. The molecule has 0 radical (unpaired) electrons. The van der Waals surface area contributed by atoms with Crippen molar-refractivity contribution in [2.75, 3.05) is 5.32 Å². The van der Waals surface area contributed by atoms with Crippen LogP contribution in [0.1, 0.15) is 13.0 Å². The third kappa shape index (κ3) is 2.53. The standard InChI is InChI=1S/C12H11F2N3O/c1-8(17-6-2-5-15-17)12(18)16-9-3-4-10(13)11(14)7-9/h2-8H,1H3,(H,16,18). The second kappa shape index (κ2) is 4.95. The van der Waals surface area contributed by atoms with Gasteiger partial charge in [0.25, 0.3) is 0 Å². The van der Waals surface area contributed by atoms with E-state index in [4.69, 9.17) is 0 Å². The molecule has 6 heteroatoms. The molecule has 1 aromatic heterocycles. The summed E-state index contributed by atoms with van der Waals surface area (Å²) < 4.78 is 27.1. The lowest BCUT2D eigenvalue weighted by molar-refractivity contribution is -0.119. The van der Waals surface area contributed by atoms with E-state index in [2.05, 4.69) is 10.4 Å². The molecule has 1 aromatic carbocycles. The van der Waals surface area contributed by atoms with Crippen LogP contribution in [0, 0.1) is 11.6 Å². The number of carbonyl (C=O) groups excluding carboxylic acids is 1. The highest BCUT2D eigenvalue weighted by atomic mass is 19.2. The fourth-order valence-corrected chi connectivity index (χ4v) is 1.45. The zero-order valence-electron chi connectivity index (χ0n) is 9.60. The summed E-state index contributed by atoms with van der Waals surface area (Å²) in [5, 5.41) is 6.42. The molecule has 2 aromatic rings. The zero-order valence-corrected chi connectivity index (χ0v) is 9.60. The number of anilines is 1. The van der Waals surface area contributed by atoms with Crippen molar-refractivity contribution in [1.29, 1.82) is 0 Å². The van der Waals surface area contributed by atoms with Gasteiger partial charge in [-0.1, -0.05) is 0 Å². The lowest BCUT2D eigenvalue weighted by Gasteiger charge is -2.12. The average Bonchev–Trinajstić information content (AvgIpc) is 2.86. The monoisotopic (exact) mass is 251 g/mol. The molecule has 0 aliphatic carbocycles. The molecule has 0 aliphatic heterocycles. The molecule has 1 N–H and O–H groups in total. The smallest absolute Gasteiger partial charge is 0.248 e. The van der Waals surface area contributed by atoms with Crippen LogP contribution in [0.4, 0.5) is 14.5 Å². The number of carbonyl (C=O) groups is 1. The van der Waals surface area contributed by atoms with Crippen molar-refractivity contribution in [3.05, 3.63) is 48.3 Å². The minimum atomic E-state index is -1.00. The molecular weight excluding hydrogens is 240 g/mol. The number of aromatic nitrogens is 2. The van der Waals surface area contributed by atoms with E-state index in [0.29, 0.717) is 0 Å². The largest absolute Gasteiger partial charge is 0.324 e. The van der Waals surface area contributed by atoms with Crippen LogP contribution in [-0.2, 0) is 4.79 Å². The summed E-state index contributed by atoms with van der Waals surface area (Å²) in [6, 6.07) is 4.35. The van der Waals surface area contributed by atoms with Crippen molar-refractivity contribution in [3.8, 4) is 0 Å². The Labute approximate surface area is 102 Å². The summed E-state index contributed by atoms with van der Waals surface area (Å²) in [6.45, 7) is 1.65. The molecule has 0 spiro atoms. The molecule has 0 saturated carbocycles. The maximum absolute atomic E-state index is 13.0. The quantitative estimate of drug-likeness (QED) is 0.910. The molecular formula is C12H11F2N3O. The summed E-state index contributed by atoms with van der Waals surface area (Å²) in [5.74, 6) is -2.31. The molecule has 0 bridgehead atoms. The fourth-order valence-electron chi connectivity index (χ4n) is 1.45. The predicted octanol–water partition coefficient (Wildman–Crippen LogP) is 2.36. The van der Waals surface area contributed by atoms with E-state index in [1.54, 1.807) is 25.4 Å². The van der Waals surface area contributed by atoms with Gasteiger partial charge in [0.1, 0.15) is 6.04 Å². The van der Waals surface area contributed by atoms with Gasteiger partial charge in [0, 0.05) is 24.1 Å². The molecule has 4 nitrogen and oxygen atoms in total. The minimum Gasteiger partial charge on any atom is -0.324 e. The van der Waals surface area contributed by atoms with Gasteiger partial charge in [-0.05, 0) is 25.1 Å². The van der Waals surface area contributed by atoms with E-state index in [9.17, 15) is 13.6 Å². The predicted molar refractivity (Wildman–Crippen MR) is 61.9 cm³/mol. The van der Waals surface area contributed by atoms with E-state index < -0.39 is 17.7 Å². The Morgan fingerprint density at radius 3 is 2.78 bits per heavy atom. The van der Waals surface area contributed by atoms with Crippen molar-refractivity contribution in [2.24, 2.45) is 0 Å². The molecule has 1 heterocycles. The summed E-state index contributed by atoms with van der Waals surface area (Å²) in [6.07, 6.45) is 3.21. The number of nitrogens with one attached hydrogen (secondary N) is 1. The van der Waals surface area contributed by atoms with E-state index in [0.717, 1.165) is 12.1 Å². The van der Waals surface area contributed by atoms with Crippen molar-refractivity contribution in [1.82, 2.24) is 9.78 Å². The number of hydrogen-bond acceptors (Lipinski definition) is 2. The Kier molecular flexibility index (Phi) is 3.36. The van der Waals surface area contributed by atoms with Crippen molar-refractivity contribution >= 4 is 11.6 Å². The number of benzene rings is 1. The van der Waals surface area contributed by atoms with Gasteiger partial charge in [-0.2, -0.15) is 5.10 Å². The van der Waals surface area contributed by atoms with Crippen molar-refractivity contribution in [3.63, 3.8) is 0 Å². The first-order valence-corrected chi connectivity index (χ1v) is 5.33. The Hall–Kier alpha value is -2.24. The molecule has 1 atom stereocenters.